The number of nitrogens with one attached hydrogen (secondary N) is 3. The zero-order valence-electron chi connectivity index (χ0n) is 28.1. The molecule has 0 aromatic heterocycles. The third-order valence-corrected chi connectivity index (χ3v) is 10.7. The van der Waals surface area contributed by atoms with Gasteiger partial charge in [-0.1, -0.05) is 87.9 Å². The summed E-state index contributed by atoms with van der Waals surface area (Å²) in [4.78, 5) is 43.9. The lowest BCUT2D eigenvalue weighted by molar-refractivity contribution is -0.151. The van der Waals surface area contributed by atoms with E-state index in [1.54, 1.807) is 13.8 Å². The van der Waals surface area contributed by atoms with E-state index in [2.05, 4.69) is 16.1 Å². The van der Waals surface area contributed by atoms with Crippen molar-refractivity contribution in [3.63, 3.8) is 0 Å². The number of benzene rings is 3. The largest absolute Gasteiger partial charge is 0.453 e. The number of nitrogen functional groups attached to an aromatic ring is 1. The smallest absolute Gasteiger partial charge is 0.407 e. The summed E-state index contributed by atoms with van der Waals surface area (Å²) >= 11 is 0. The van der Waals surface area contributed by atoms with Crippen LogP contribution in [0.1, 0.15) is 69.9 Å². The molecule has 0 aliphatic heterocycles. The van der Waals surface area contributed by atoms with Gasteiger partial charge in [-0.2, -0.15) is 5.48 Å². The highest BCUT2D eigenvalue weighted by atomic mass is 32.2. The number of alkyl carbamates (subject to hydrolysis) is 1. The molecule has 0 bridgehead atoms. The Hall–Kier alpha value is -4.42. The average molecular weight is 681 g/mol. The number of anilines is 1. The van der Waals surface area contributed by atoms with Crippen molar-refractivity contribution in [1.29, 1.82) is 0 Å². The minimum absolute atomic E-state index is 0.0617. The molecule has 0 saturated carbocycles. The Morgan fingerprint density at radius 3 is 1.94 bits per heavy atom. The van der Waals surface area contributed by atoms with Crippen molar-refractivity contribution in [3.8, 4) is 0 Å². The molecule has 0 aliphatic rings. The zero-order valence-corrected chi connectivity index (χ0v) is 28.9. The molecule has 12 heteroatoms. The van der Waals surface area contributed by atoms with Gasteiger partial charge in [0.15, 0.2) is 9.84 Å². The standard InChI is InChI=1S/C36H48N4O7S/c1-5-29(18-12-13-19-32(41)47-38-24-31(25(2)3)48(44,45)30-22-20-28(37)21-23-30)39-35(42)34(40-36(43)46-4)33(26-14-8-6-9-15-26)27-16-10-7-11-17-27/h6-11,14-17,20-23,25,29,31,33-34,38H,5,12-13,18-19,24,37H2,1-4H3,(H,39,42)(H,40,43)/t29-,31?,34-/m0/s1. The highest BCUT2D eigenvalue weighted by Gasteiger charge is 2.34. The first-order valence-corrected chi connectivity index (χ1v) is 17.8. The molecule has 0 aliphatic carbocycles. The van der Waals surface area contributed by atoms with E-state index in [0.717, 1.165) is 11.1 Å². The van der Waals surface area contributed by atoms with Gasteiger partial charge >= 0.3 is 12.1 Å². The Morgan fingerprint density at radius 1 is 0.833 bits per heavy atom. The second kappa shape index (κ2) is 18.8. The van der Waals surface area contributed by atoms with Gasteiger partial charge in [-0.15, -0.1) is 0 Å². The summed E-state index contributed by atoms with van der Waals surface area (Å²) in [6.07, 6.45) is 1.78. The van der Waals surface area contributed by atoms with Gasteiger partial charge in [-0.05, 0) is 60.6 Å². The molecule has 2 amide bonds. The summed E-state index contributed by atoms with van der Waals surface area (Å²) in [6, 6.07) is 23.9. The summed E-state index contributed by atoms with van der Waals surface area (Å²) in [7, 11) is -2.43. The molecule has 1 unspecified atom stereocenters. The molecule has 0 heterocycles. The predicted molar refractivity (Wildman–Crippen MR) is 186 cm³/mol. The van der Waals surface area contributed by atoms with E-state index in [1.165, 1.54) is 31.4 Å². The van der Waals surface area contributed by atoms with Crippen molar-refractivity contribution >= 4 is 33.5 Å². The molecule has 3 aromatic rings. The Bertz CT molecular complexity index is 1510. The van der Waals surface area contributed by atoms with Crippen LogP contribution in [0.5, 0.6) is 0 Å². The van der Waals surface area contributed by atoms with Gasteiger partial charge in [-0.3, -0.25) is 9.59 Å². The molecule has 5 N–H and O–H groups in total. The Balaban J connectivity index is 1.55. The first-order valence-electron chi connectivity index (χ1n) is 16.2. The SMILES string of the molecule is CC[C@@H](CCCCC(=O)ONCC(C(C)C)S(=O)(=O)c1ccc(N)cc1)NC(=O)[C@@H](NC(=O)OC)C(c1ccccc1)c1ccccc1. The quantitative estimate of drug-likeness (QED) is 0.0810. The van der Waals surface area contributed by atoms with Crippen LogP contribution < -0.4 is 21.8 Å². The topological polar surface area (TPSA) is 166 Å². The van der Waals surface area contributed by atoms with E-state index in [4.69, 9.17) is 15.3 Å². The number of ether oxygens (including phenoxy) is 1. The second-order valence-corrected chi connectivity index (χ2v) is 14.2. The van der Waals surface area contributed by atoms with Crippen LogP contribution in [0.4, 0.5) is 10.5 Å². The highest BCUT2D eigenvalue weighted by molar-refractivity contribution is 7.92. The summed E-state index contributed by atoms with van der Waals surface area (Å²) in [6.45, 7) is 5.49. The minimum atomic E-state index is -3.68. The molecule has 0 spiro atoms. The number of methoxy groups -OCH3 is 1. The molecule has 0 fully saturated rings. The normalized spacial score (nSPS) is 13.4. The molecule has 11 nitrogen and oxygen atoms in total. The fourth-order valence-electron chi connectivity index (χ4n) is 5.50. The summed E-state index contributed by atoms with van der Waals surface area (Å²) < 4.78 is 31.2. The molecule has 3 rings (SSSR count). The first-order chi connectivity index (χ1) is 23.0. The monoisotopic (exact) mass is 680 g/mol. The molecule has 3 aromatic carbocycles. The lowest BCUT2D eigenvalue weighted by Crippen LogP contribution is -2.52. The van der Waals surface area contributed by atoms with Gasteiger partial charge in [0.2, 0.25) is 5.91 Å². The number of hydrogen-bond acceptors (Lipinski definition) is 9. The highest BCUT2D eigenvalue weighted by Crippen LogP contribution is 2.29. The molecule has 0 saturated heterocycles. The number of hydrogen-bond donors (Lipinski definition) is 4. The van der Waals surface area contributed by atoms with Crippen molar-refractivity contribution in [2.75, 3.05) is 19.4 Å². The van der Waals surface area contributed by atoms with E-state index in [1.807, 2.05) is 67.6 Å². The van der Waals surface area contributed by atoms with Crippen molar-refractivity contribution in [2.24, 2.45) is 5.92 Å². The van der Waals surface area contributed by atoms with Gasteiger partial charge in [-0.25, -0.2) is 13.2 Å². The zero-order chi connectivity index (χ0) is 35.1. The van der Waals surface area contributed by atoms with Crippen molar-refractivity contribution in [2.45, 2.75) is 81.0 Å². The summed E-state index contributed by atoms with van der Waals surface area (Å²) in [5.41, 5.74) is 10.4. The van der Waals surface area contributed by atoms with Crippen LogP contribution in [0.15, 0.2) is 89.8 Å². The van der Waals surface area contributed by atoms with Crippen molar-refractivity contribution < 1.29 is 32.4 Å². The van der Waals surface area contributed by atoms with Crippen LogP contribution in [-0.4, -0.2) is 57.4 Å². The van der Waals surface area contributed by atoms with Crippen LogP contribution in [0.3, 0.4) is 0 Å². The number of rotatable bonds is 18. The van der Waals surface area contributed by atoms with Gasteiger partial charge in [0.1, 0.15) is 6.04 Å². The van der Waals surface area contributed by atoms with Gasteiger partial charge in [0.05, 0.1) is 17.3 Å². The van der Waals surface area contributed by atoms with Gasteiger partial charge in [0.25, 0.3) is 0 Å². The van der Waals surface area contributed by atoms with E-state index >= 15 is 0 Å². The molecule has 0 radical (unpaired) electrons. The fraction of sp³-hybridized carbons (Fsp3) is 0.417. The van der Waals surface area contributed by atoms with Crippen molar-refractivity contribution in [1.82, 2.24) is 16.1 Å². The van der Waals surface area contributed by atoms with Crippen molar-refractivity contribution in [3.05, 3.63) is 96.1 Å². The van der Waals surface area contributed by atoms with Crippen LogP contribution in [0.2, 0.25) is 0 Å². The predicted octanol–water partition coefficient (Wildman–Crippen LogP) is 5.13. The maximum Gasteiger partial charge on any atom is 0.407 e. The fourth-order valence-corrected chi connectivity index (χ4v) is 7.37. The van der Waals surface area contributed by atoms with Crippen LogP contribution >= 0.6 is 0 Å². The van der Waals surface area contributed by atoms with Crippen LogP contribution in [0.25, 0.3) is 0 Å². The lowest BCUT2D eigenvalue weighted by atomic mass is 9.84. The van der Waals surface area contributed by atoms with Crippen LogP contribution in [-0.2, 0) is 29.0 Å². The summed E-state index contributed by atoms with van der Waals surface area (Å²) in [5.74, 6) is -1.56. The number of hydroxylamine groups is 1. The first kappa shape index (κ1) is 38.0. The maximum atomic E-state index is 13.8. The molecule has 260 valence electrons. The van der Waals surface area contributed by atoms with Gasteiger partial charge in [0, 0.05) is 30.6 Å². The second-order valence-electron chi connectivity index (χ2n) is 12.0. The van der Waals surface area contributed by atoms with E-state index in [0.29, 0.717) is 31.4 Å². The number of amides is 2. The lowest BCUT2D eigenvalue weighted by Gasteiger charge is -2.29. The third kappa shape index (κ3) is 11.1. The number of carbonyl (C=O) groups is 3. The summed E-state index contributed by atoms with van der Waals surface area (Å²) in [5, 5.41) is 5.02. The maximum absolute atomic E-state index is 13.8. The number of sulfone groups is 1. The minimum Gasteiger partial charge on any atom is -0.453 e. The average Bonchev–Trinajstić information content (AvgIpc) is 3.08. The number of nitrogens with two attached hydrogens (primary N) is 1. The Morgan fingerprint density at radius 2 is 1.42 bits per heavy atom. The Labute approximate surface area is 283 Å². The molecule has 48 heavy (non-hydrogen) atoms. The van der Waals surface area contributed by atoms with E-state index in [9.17, 15) is 22.8 Å². The van der Waals surface area contributed by atoms with E-state index in [-0.39, 0.29) is 35.7 Å². The molecular weight excluding hydrogens is 632 g/mol. The van der Waals surface area contributed by atoms with Crippen LogP contribution in [0, 0.1) is 5.92 Å². The van der Waals surface area contributed by atoms with Gasteiger partial charge < -0.3 is 25.9 Å². The number of unbranched alkanes of at least 4 members (excludes halogenated alkanes) is 1. The van der Waals surface area contributed by atoms with E-state index < -0.39 is 39.1 Å². The third-order valence-electron chi connectivity index (χ3n) is 8.24. The number of carbonyl (C=O) groups excluding carboxylic acids is 3. The molecular formula is C36H48N4O7S. The molecule has 3 atom stereocenters. The Kier molecular flexibility index (Phi) is 14.9.